The molecule has 2 aromatic carbocycles. The zero-order valence-corrected chi connectivity index (χ0v) is 18.2. The number of nitrogens with one attached hydrogen (secondary N) is 2. The predicted molar refractivity (Wildman–Crippen MR) is 122 cm³/mol. The molecule has 1 fully saturated rings. The number of halogens is 1. The number of aryl methyl sites for hydroxylation is 1. The molecule has 1 unspecified atom stereocenters. The Morgan fingerprint density at radius 2 is 1.87 bits per heavy atom. The topological polar surface area (TPSA) is 87.5 Å². The van der Waals surface area contributed by atoms with Gasteiger partial charge in [-0.25, -0.2) is 9.18 Å². The van der Waals surface area contributed by atoms with Crippen molar-refractivity contribution >= 4 is 23.3 Å². The van der Waals surface area contributed by atoms with Gasteiger partial charge in [0, 0.05) is 18.8 Å². The van der Waals surface area contributed by atoms with Crippen molar-refractivity contribution in [2.24, 2.45) is 5.73 Å². The van der Waals surface area contributed by atoms with Crippen molar-refractivity contribution in [3.05, 3.63) is 59.4 Å². The first-order chi connectivity index (χ1) is 14.8. The van der Waals surface area contributed by atoms with Gasteiger partial charge in [0.05, 0.1) is 18.2 Å². The van der Waals surface area contributed by atoms with Crippen LogP contribution in [-0.2, 0) is 4.79 Å². The third-order valence-electron chi connectivity index (χ3n) is 6.00. The summed E-state index contributed by atoms with van der Waals surface area (Å²) in [5.41, 5.74) is 7.97. The van der Waals surface area contributed by atoms with Gasteiger partial charge in [-0.15, -0.1) is 0 Å². The van der Waals surface area contributed by atoms with Gasteiger partial charge in [-0.3, -0.25) is 4.79 Å². The van der Waals surface area contributed by atoms with Gasteiger partial charge in [0.2, 0.25) is 5.91 Å². The molecule has 0 saturated heterocycles. The van der Waals surface area contributed by atoms with Crippen LogP contribution in [0.15, 0.2) is 42.5 Å². The van der Waals surface area contributed by atoms with Crippen molar-refractivity contribution in [2.45, 2.75) is 57.5 Å². The molecule has 166 valence electrons. The number of anilines is 2. The molecular formula is C24H31FN4O2. The Hall–Kier alpha value is -3.09. The Morgan fingerprint density at radius 1 is 1.16 bits per heavy atom. The maximum Gasteiger partial charge on any atom is 0.312 e. The number of benzene rings is 2. The van der Waals surface area contributed by atoms with Crippen molar-refractivity contribution in [1.29, 1.82) is 0 Å². The fraction of sp³-hybridized carbons (Fsp3) is 0.417. The Bertz CT molecular complexity index is 928. The molecular weight excluding hydrogens is 395 g/mol. The van der Waals surface area contributed by atoms with Gasteiger partial charge < -0.3 is 21.3 Å². The number of nitrogens with two attached hydrogens (primary N) is 1. The maximum atomic E-state index is 14.8. The van der Waals surface area contributed by atoms with E-state index in [4.69, 9.17) is 5.73 Å². The van der Waals surface area contributed by atoms with Crippen LogP contribution in [0.5, 0.6) is 0 Å². The van der Waals surface area contributed by atoms with Crippen LogP contribution in [0.4, 0.5) is 20.6 Å². The summed E-state index contributed by atoms with van der Waals surface area (Å²) in [4.78, 5) is 26.1. The van der Waals surface area contributed by atoms with Crippen LogP contribution in [0, 0.1) is 12.7 Å². The molecule has 0 heterocycles. The van der Waals surface area contributed by atoms with Gasteiger partial charge in [0.15, 0.2) is 0 Å². The summed E-state index contributed by atoms with van der Waals surface area (Å²) in [5, 5.41) is 5.35. The number of carbonyl (C=O) groups is 2. The summed E-state index contributed by atoms with van der Waals surface area (Å²) in [5.74, 6) is -0.702. The maximum absolute atomic E-state index is 14.8. The largest absolute Gasteiger partial charge is 0.369 e. The second kappa shape index (κ2) is 10.3. The highest BCUT2D eigenvalue weighted by atomic mass is 19.1. The van der Waals surface area contributed by atoms with E-state index >= 15 is 0 Å². The van der Waals surface area contributed by atoms with Crippen molar-refractivity contribution in [3.63, 3.8) is 0 Å². The molecule has 7 heteroatoms. The average molecular weight is 427 g/mol. The molecule has 1 saturated carbocycles. The molecule has 3 amide bonds. The van der Waals surface area contributed by atoms with Crippen LogP contribution in [0.2, 0.25) is 0 Å². The van der Waals surface area contributed by atoms with E-state index in [0.29, 0.717) is 17.4 Å². The minimum atomic E-state index is -0.706. The van der Waals surface area contributed by atoms with Crippen molar-refractivity contribution in [1.82, 2.24) is 5.32 Å². The third kappa shape index (κ3) is 5.96. The molecule has 0 radical (unpaired) electrons. The summed E-state index contributed by atoms with van der Waals surface area (Å²) in [6, 6.07) is 11.3. The Labute approximate surface area is 183 Å². The van der Waals surface area contributed by atoms with E-state index in [1.54, 1.807) is 12.1 Å². The van der Waals surface area contributed by atoms with Crippen LogP contribution in [-0.4, -0.2) is 25.0 Å². The fourth-order valence-electron chi connectivity index (χ4n) is 4.32. The molecule has 4 N–H and O–H groups in total. The average Bonchev–Trinajstić information content (AvgIpc) is 2.73. The Kier molecular flexibility index (Phi) is 7.50. The van der Waals surface area contributed by atoms with E-state index in [0.717, 1.165) is 24.0 Å². The van der Waals surface area contributed by atoms with Gasteiger partial charge in [0.25, 0.3) is 0 Å². The van der Waals surface area contributed by atoms with Crippen molar-refractivity contribution in [3.8, 4) is 0 Å². The smallest absolute Gasteiger partial charge is 0.312 e. The van der Waals surface area contributed by atoms with Crippen molar-refractivity contribution in [2.75, 3.05) is 17.3 Å². The van der Waals surface area contributed by atoms with Gasteiger partial charge in [-0.1, -0.05) is 43.5 Å². The van der Waals surface area contributed by atoms with E-state index in [2.05, 4.69) is 10.6 Å². The number of nitrogens with zero attached hydrogens (tertiary/aromatic N) is 1. The second-order valence-electron chi connectivity index (χ2n) is 8.24. The fourth-order valence-corrected chi connectivity index (χ4v) is 4.32. The number of hydrogen-bond acceptors (Lipinski definition) is 3. The molecule has 1 aliphatic rings. The lowest BCUT2D eigenvalue weighted by Crippen LogP contribution is -2.35. The summed E-state index contributed by atoms with van der Waals surface area (Å²) in [6.07, 6.45) is 5.71. The Balaban J connectivity index is 1.68. The first-order valence-electron chi connectivity index (χ1n) is 10.8. The van der Waals surface area contributed by atoms with Gasteiger partial charge >= 0.3 is 6.03 Å². The second-order valence-corrected chi connectivity index (χ2v) is 8.24. The van der Waals surface area contributed by atoms with Crippen LogP contribution in [0.3, 0.4) is 0 Å². The molecule has 0 aromatic heterocycles. The molecule has 0 bridgehead atoms. The van der Waals surface area contributed by atoms with Gasteiger partial charge in [-0.2, -0.15) is 0 Å². The summed E-state index contributed by atoms with van der Waals surface area (Å²) < 4.78 is 14.8. The van der Waals surface area contributed by atoms with E-state index in [1.807, 2.05) is 43.1 Å². The molecule has 31 heavy (non-hydrogen) atoms. The number of carbonyl (C=O) groups excluding carboxylic acids is 2. The van der Waals surface area contributed by atoms with E-state index in [9.17, 15) is 14.0 Å². The highest BCUT2D eigenvalue weighted by Gasteiger charge is 2.22. The molecule has 0 spiro atoms. The number of primary amides is 1. The van der Waals surface area contributed by atoms with E-state index < -0.39 is 12.1 Å². The van der Waals surface area contributed by atoms with Crippen LogP contribution in [0.1, 0.15) is 55.7 Å². The standard InChI is InChI=1S/C24H31FN4O2/c1-16-8-6-7-11-19(16)21(28-24(26)31)15-23(30)27-17-12-13-22(20(25)14-17)29(2)18-9-4-3-5-10-18/h6-8,11-14,18,21H,3-5,9-10,15H2,1-2H3,(H,27,30)(H3,26,28,31). The molecule has 1 aliphatic carbocycles. The van der Waals surface area contributed by atoms with E-state index in [1.165, 1.54) is 25.3 Å². The lowest BCUT2D eigenvalue weighted by molar-refractivity contribution is -0.116. The molecule has 2 aromatic rings. The highest BCUT2D eigenvalue weighted by Crippen LogP contribution is 2.29. The first-order valence-corrected chi connectivity index (χ1v) is 10.8. The van der Waals surface area contributed by atoms with E-state index in [-0.39, 0.29) is 18.1 Å². The zero-order chi connectivity index (χ0) is 22.4. The predicted octanol–water partition coefficient (Wildman–Crippen LogP) is 4.64. The number of hydrogen-bond donors (Lipinski definition) is 3. The van der Waals surface area contributed by atoms with Gasteiger partial charge in [0.1, 0.15) is 5.82 Å². The Morgan fingerprint density at radius 3 is 2.52 bits per heavy atom. The molecule has 3 rings (SSSR count). The lowest BCUT2D eigenvalue weighted by Gasteiger charge is -2.33. The summed E-state index contributed by atoms with van der Waals surface area (Å²) in [7, 11) is 1.93. The van der Waals surface area contributed by atoms with Crippen LogP contribution >= 0.6 is 0 Å². The summed E-state index contributed by atoms with van der Waals surface area (Å²) in [6.45, 7) is 1.90. The minimum absolute atomic E-state index is 0.0147. The third-order valence-corrected chi connectivity index (χ3v) is 6.00. The molecule has 1 atom stereocenters. The van der Waals surface area contributed by atoms with Crippen molar-refractivity contribution < 1.29 is 14.0 Å². The quantitative estimate of drug-likeness (QED) is 0.603. The molecule has 6 nitrogen and oxygen atoms in total. The number of rotatable bonds is 7. The lowest BCUT2D eigenvalue weighted by atomic mass is 9.94. The minimum Gasteiger partial charge on any atom is -0.369 e. The van der Waals surface area contributed by atoms with Crippen LogP contribution < -0.4 is 21.3 Å². The monoisotopic (exact) mass is 426 g/mol. The van der Waals surface area contributed by atoms with Gasteiger partial charge in [-0.05, 0) is 49.1 Å². The zero-order valence-electron chi connectivity index (χ0n) is 18.2. The first kappa shape index (κ1) is 22.6. The molecule has 0 aliphatic heterocycles. The summed E-state index contributed by atoms with van der Waals surface area (Å²) >= 11 is 0. The normalized spacial score (nSPS) is 15.2. The number of amides is 3. The highest BCUT2D eigenvalue weighted by molar-refractivity contribution is 5.91. The number of urea groups is 1. The van der Waals surface area contributed by atoms with Crippen LogP contribution in [0.25, 0.3) is 0 Å². The SMILES string of the molecule is Cc1ccccc1C(CC(=O)Nc1ccc(N(C)C2CCCCC2)c(F)c1)NC(N)=O.